The van der Waals surface area contributed by atoms with Crippen LogP contribution in [0.5, 0.6) is 11.5 Å². The van der Waals surface area contributed by atoms with E-state index in [0.29, 0.717) is 0 Å². The average Bonchev–Trinajstić information content (AvgIpc) is 2.30. The summed E-state index contributed by atoms with van der Waals surface area (Å²) in [6.45, 7) is -1.76. The van der Waals surface area contributed by atoms with E-state index in [0.717, 1.165) is 12.1 Å². The SMILES string of the molecule is O=C(NCCOCC(F)(F)F)c1ccc(O)c(O)c1. The zero-order chi connectivity index (χ0) is 14.5. The van der Waals surface area contributed by atoms with Crippen LogP contribution in [0.25, 0.3) is 0 Å². The Morgan fingerprint density at radius 3 is 2.53 bits per heavy atom. The van der Waals surface area contributed by atoms with Gasteiger partial charge < -0.3 is 20.3 Å². The molecule has 1 amide bonds. The molecule has 0 saturated heterocycles. The van der Waals surface area contributed by atoms with Gasteiger partial charge in [0.25, 0.3) is 5.91 Å². The first-order chi connectivity index (χ1) is 8.79. The van der Waals surface area contributed by atoms with E-state index in [-0.39, 0.29) is 24.5 Å². The molecule has 0 fully saturated rings. The molecule has 1 rings (SSSR count). The van der Waals surface area contributed by atoms with Crippen molar-refractivity contribution in [1.29, 1.82) is 0 Å². The van der Waals surface area contributed by atoms with Crippen LogP contribution in [-0.4, -0.2) is 42.1 Å². The zero-order valence-corrected chi connectivity index (χ0v) is 9.70. The normalized spacial score (nSPS) is 11.3. The molecule has 0 atom stereocenters. The van der Waals surface area contributed by atoms with Crippen LogP contribution in [0.4, 0.5) is 13.2 Å². The summed E-state index contributed by atoms with van der Waals surface area (Å²) in [6.07, 6.45) is -4.40. The van der Waals surface area contributed by atoms with Gasteiger partial charge in [0, 0.05) is 12.1 Å². The molecule has 1 aromatic carbocycles. The fraction of sp³-hybridized carbons (Fsp3) is 0.364. The lowest BCUT2D eigenvalue weighted by atomic mass is 10.2. The summed E-state index contributed by atoms with van der Waals surface area (Å²) in [7, 11) is 0. The van der Waals surface area contributed by atoms with Crippen molar-refractivity contribution in [3.8, 4) is 11.5 Å². The highest BCUT2D eigenvalue weighted by atomic mass is 19.4. The fourth-order valence-corrected chi connectivity index (χ4v) is 1.19. The second-order valence-corrected chi connectivity index (χ2v) is 3.63. The molecule has 3 N–H and O–H groups in total. The molecule has 8 heteroatoms. The van der Waals surface area contributed by atoms with Crippen LogP contribution in [0.3, 0.4) is 0 Å². The summed E-state index contributed by atoms with van der Waals surface area (Å²) in [4.78, 5) is 11.5. The number of phenols is 2. The number of aromatic hydroxyl groups is 2. The van der Waals surface area contributed by atoms with Gasteiger partial charge in [0.15, 0.2) is 11.5 Å². The predicted octanol–water partition coefficient (Wildman–Crippen LogP) is 1.41. The molecular weight excluding hydrogens is 267 g/mol. The van der Waals surface area contributed by atoms with Gasteiger partial charge in [-0.05, 0) is 18.2 Å². The molecule has 0 unspecified atom stereocenters. The van der Waals surface area contributed by atoms with Crippen molar-refractivity contribution in [1.82, 2.24) is 5.32 Å². The number of nitrogens with one attached hydrogen (secondary N) is 1. The fourth-order valence-electron chi connectivity index (χ4n) is 1.19. The summed E-state index contributed by atoms with van der Waals surface area (Å²) >= 11 is 0. The van der Waals surface area contributed by atoms with E-state index in [1.807, 2.05) is 0 Å². The largest absolute Gasteiger partial charge is 0.504 e. The number of hydrogen-bond donors (Lipinski definition) is 3. The first-order valence-electron chi connectivity index (χ1n) is 5.24. The van der Waals surface area contributed by atoms with Crippen LogP contribution in [0.2, 0.25) is 0 Å². The van der Waals surface area contributed by atoms with Gasteiger partial charge in [-0.3, -0.25) is 4.79 Å². The molecule has 0 spiro atoms. The molecule has 0 heterocycles. The monoisotopic (exact) mass is 279 g/mol. The maximum atomic E-state index is 11.7. The first kappa shape index (κ1) is 15.1. The third-order valence-corrected chi connectivity index (χ3v) is 2.04. The maximum Gasteiger partial charge on any atom is 0.411 e. The van der Waals surface area contributed by atoms with Crippen LogP contribution < -0.4 is 5.32 Å². The molecular formula is C11H12F3NO4. The van der Waals surface area contributed by atoms with Crippen molar-refractivity contribution in [2.24, 2.45) is 0 Å². The Kier molecular flexibility index (Phi) is 4.99. The predicted molar refractivity (Wildman–Crippen MR) is 59.0 cm³/mol. The number of carbonyl (C=O) groups is 1. The van der Waals surface area contributed by atoms with E-state index in [2.05, 4.69) is 10.1 Å². The number of carbonyl (C=O) groups excluding carboxylic acids is 1. The molecule has 1 aromatic rings. The van der Waals surface area contributed by atoms with Crippen molar-refractivity contribution in [2.45, 2.75) is 6.18 Å². The average molecular weight is 279 g/mol. The molecule has 0 aliphatic carbocycles. The van der Waals surface area contributed by atoms with Crippen LogP contribution in [0.15, 0.2) is 18.2 Å². The summed E-state index contributed by atoms with van der Waals surface area (Å²) in [5, 5.41) is 20.5. The van der Waals surface area contributed by atoms with Gasteiger partial charge in [0.2, 0.25) is 0 Å². The van der Waals surface area contributed by atoms with Gasteiger partial charge in [-0.1, -0.05) is 0 Å². The van der Waals surface area contributed by atoms with Crippen molar-refractivity contribution in [2.75, 3.05) is 19.8 Å². The van der Waals surface area contributed by atoms with Crippen molar-refractivity contribution >= 4 is 5.91 Å². The lowest BCUT2D eigenvalue weighted by Gasteiger charge is -2.09. The van der Waals surface area contributed by atoms with Crippen LogP contribution in [-0.2, 0) is 4.74 Å². The zero-order valence-electron chi connectivity index (χ0n) is 9.70. The van der Waals surface area contributed by atoms with Gasteiger partial charge in [-0.25, -0.2) is 0 Å². The number of alkyl halides is 3. The smallest absolute Gasteiger partial charge is 0.411 e. The Bertz CT molecular complexity index is 448. The van der Waals surface area contributed by atoms with E-state index >= 15 is 0 Å². The lowest BCUT2D eigenvalue weighted by Crippen LogP contribution is -2.28. The summed E-state index contributed by atoms with van der Waals surface area (Å²) < 4.78 is 39.5. The van der Waals surface area contributed by atoms with Crippen molar-refractivity contribution in [3.05, 3.63) is 23.8 Å². The molecule has 106 valence electrons. The van der Waals surface area contributed by atoms with E-state index in [1.165, 1.54) is 6.07 Å². The van der Waals surface area contributed by atoms with Crippen LogP contribution >= 0.6 is 0 Å². The van der Waals surface area contributed by atoms with Gasteiger partial charge in [0.1, 0.15) is 6.61 Å². The third kappa shape index (κ3) is 5.47. The Hall–Kier alpha value is -1.96. The van der Waals surface area contributed by atoms with E-state index in [4.69, 9.17) is 10.2 Å². The molecule has 0 saturated carbocycles. The minimum absolute atomic E-state index is 0.0751. The summed E-state index contributed by atoms with van der Waals surface area (Å²) in [6, 6.07) is 3.44. The highest BCUT2D eigenvalue weighted by molar-refractivity contribution is 5.94. The number of amides is 1. The molecule has 0 aliphatic rings. The number of halogens is 3. The Balaban J connectivity index is 2.33. The van der Waals surface area contributed by atoms with Gasteiger partial charge in [0.05, 0.1) is 6.61 Å². The Morgan fingerprint density at radius 2 is 1.95 bits per heavy atom. The number of ether oxygens (including phenoxy) is 1. The quantitative estimate of drug-likeness (QED) is 0.562. The lowest BCUT2D eigenvalue weighted by molar-refractivity contribution is -0.173. The molecule has 0 bridgehead atoms. The topological polar surface area (TPSA) is 78.8 Å². The van der Waals surface area contributed by atoms with E-state index in [1.54, 1.807) is 0 Å². The highest BCUT2D eigenvalue weighted by Gasteiger charge is 2.27. The van der Waals surface area contributed by atoms with Crippen molar-refractivity contribution < 1.29 is 32.9 Å². The summed E-state index contributed by atoms with van der Waals surface area (Å²) in [5.74, 6) is -1.42. The minimum Gasteiger partial charge on any atom is -0.504 e. The van der Waals surface area contributed by atoms with Gasteiger partial charge in [-0.15, -0.1) is 0 Å². The van der Waals surface area contributed by atoms with Gasteiger partial charge in [-0.2, -0.15) is 13.2 Å². The second-order valence-electron chi connectivity index (χ2n) is 3.63. The van der Waals surface area contributed by atoms with E-state index in [9.17, 15) is 18.0 Å². The first-order valence-corrected chi connectivity index (χ1v) is 5.24. The molecule has 5 nitrogen and oxygen atoms in total. The number of rotatable bonds is 5. The molecule has 0 aromatic heterocycles. The number of hydrogen-bond acceptors (Lipinski definition) is 4. The minimum atomic E-state index is -4.40. The molecule has 19 heavy (non-hydrogen) atoms. The van der Waals surface area contributed by atoms with Crippen LogP contribution in [0.1, 0.15) is 10.4 Å². The molecule has 0 radical (unpaired) electrons. The second kappa shape index (κ2) is 6.28. The van der Waals surface area contributed by atoms with Gasteiger partial charge >= 0.3 is 6.18 Å². The number of benzene rings is 1. The van der Waals surface area contributed by atoms with E-state index < -0.39 is 24.4 Å². The van der Waals surface area contributed by atoms with Crippen molar-refractivity contribution in [3.63, 3.8) is 0 Å². The standard InChI is InChI=1S/C11H12F3NO4/c12-11(13,14)6-19-4-3-15-10(18)7-1-2-8(16)9(17)5-7/h1-2,5,16-17H,3-4,6H2,(H,15,18). The Morgan fingerprint density at radius 1 is 1.26 bits per heavy atom. The maximum absolute atomic E-state index is 11.7. The third-order valence-electron chi connectivity index (χ3n) is 2.04. The molecule has 0 aliphatic heterocycles. The Labute approximate surface area is 106 Å². The van der Waals surface area contributed by atoms with Crippen LogP contribution in [0, 0.1) is 0 Å². The summed E-state index contributed by atoms with van der Waals surface area (Å²) in [5.41, 5.74) is 0.0751. The number of phenolic OH excluding ortho intramolecular Hbond substituents is 2. The highest BCUT2D eigenvalue weighted by Crippen LogP contribution is 2.24.